The Morgan fingerprint density at radius 2 is 1.80 bits per heavy atom. The third kappa shape index (κ3) is 3.10. The average molecular weight is 435 g/mol. The Kier molecular flexibility index (Phi) is 4.92. The first-order valence-corrected chi connectivity index (χ1v) is 10.4. The Labute approximate surface area is 174 Å². The Hall–Kier alpha value is -2.75. The average Bonchev–Trinajstić information content (AvgIpc) is 3.15. The third-order valence-electron chi connectivity index (χ3n) is 5.14. The van der Waals surface area contributed by atoms with Crippen molar-refractivity contribution in [3.05, 3.63) is 40.4 Å². The molecule has 0 fully saturated rings. The van der Waals surface area contributed by atoms with Crippen molar-refractivity contribution < 1.29 is 13.2 Å². The van der Waals surface area contributed by atoms with E-state index in [2.05, 4.69) is 9.97 Å². The highest BCUT2D eigenvalue weighted by atomic mass is 32.2. The standard InChI is InChI=1S/C20H20F3N5OS/c1-5-28-15-8-12(16(30-6-2)9-14(15)26(3)19(28)29)17-25-13-7-11(20(21,22)23)10-24-18(13)27(17)4/h7-10H,5-6H2,1-4H3. The van der Waals surface area contributed by atoms with E-state index in [1.807, 2.05) is 26.0 Å². The molecule has 0 unspecified atom stereocenters. The van der Waals surface area contributed by atoms with E-state index in [0.717, 1.165) is 39.5 Å². The topological polar surface area (TPSA) is 57.6 Å². The van der Waals surface area contributed by atoms with Crippen LogP contribution in [0.5, 0.6) is 0 Å². The number of imidazole rings is 2. The number of aryl methyl sites for hydroxylation is 3. The number of hydrogen-bond donors (Lipinski definition) is 0. The third-order valence-corrected chi connectivity index (χ3v) is 6.08. The van der Waals surface area contributed by atoms with Crippen molar-refractivity contribution in [2.75, 3.05) is 5.75 Å². The maximum absolute atomic E-state index is 13.1. The number of benzene rings is 1. The summed E-state index contributed by atoms with van der Waals surface area (Å²) in [6.45, 7) is 4.42. The van der Waals surface area contributed by atoms with Crippen molar-refractivity contribution in [3.8, 4) is 11.4 Å². The summed E-state index contributed by atoms with van der Waals surface area (Å²) in [5.41, 5.74) is 1.92. The zero-order chi connectivity index (χ0) is 21.8. The fraction of sp³-hybridized carbons (Fsp3) is 0.350. The molecule has 158 valence electrons. The van der Waals surface area contributed by atoms with Crippen LogP contribution in [0.25, 0.3) is 33.6 Å². The van der Waals surface area contributed by atoms with Gasteiger partial charge in [-0.25, -0.2) is 14.8 Å². The number of nitrogens with zero attached hydrogens (tertiary/aromatic N) is 5. The minimum Gasteiger partial charge on any atom is -0.312 e. The first-order valence-electron chi connectivity index (χ1n) is 9.43. The van der Waals surface area contributed by atoms with Gasteiger partial charge in [0.2, 0.25) is 0 Å². The largest absolute Gasteiger partial charge is 0.417 e. The molecule has 0 aliphatic carbocycles. The highest BCUT2D eigenvalue weighted by molar-refractivity contribution is 7.99. The zero-order valence-corrected chi connectivity index (χ0v) is 17.7. The summed E-state index contributed by atoms with van der Waals surface area (Å²) in [6.07, 6.45) is -3.66. The molecule has 1 aromatic carbocycles. The molecule has 0 saturated carbocycles. The fourth-order valence-corrected chi connectivity index (χ4v) is 4.47. The van der Waals surface area contributed by atoms with Gasteiger partial charge in [0.25, 0.3) is 0 Å². The summed E-state index contributed by atoms with van der Waals surface area (Å²) in [5, 5.41) is 0. The van der Waals surface area contributed by atoms with Crippen molar-refractivity contribution in [1.82, 2.24) is 23.7 Å². The fourth-order valence-electron chi connectivity index (χ4n) is 3.66. The maximum Gasteiger partial charge on any atom is 0.417 e. The first kappa shape index (κ1) is 20.5. The van der Waals surface area contributed by atoms with E-state index in [4.69, 9.17) is 0 Å². The number of rotatable bonds is 4. The molecule has 10 heteroatoms. The summed E-state index contributed by atoms with van der Waals surface area (Å²) in [5.74, 6) is 1.30. The van der Waals surface area contributed by atoms with Gasteiger partial charge >= 0.3 is 11.9 Å². The summed E-state index contributed by atoms with van der Waals surface area (Å²) in [4.78, 5) is 21.9. The van der Waals surface area contributed by atoms with Gasteiger partial charge in [-0.1, -0.05) is 6.92 Å². The van der Waals surface area contributed by atoms with Crippen LogP contribution in [0.1, 0.15) is 19.4 Å². The molecule has 30 heavy (non-hydrogen) atoms. The van der Waals surface area contributed by atoms with Crippen LogP contribution in [0.4, 0.5) is 13.2 Å². The Morgan fingerprint density at radius 3 is 2.43 bits per heavy atom. The number of hydrogen-bond acceptors (Lipinski definition) is 4. The predicted molar refractivity (Wildman–Crippen MR) is 112 cm³/mol. The second kappa shape index (κ2) is 7.19. The lowest BCUT2D eigenvalue weighted by Crippen LogP contribution is -2.21. The lowest BCUT2D eigenvalue weighted by atomic mass is 10.1. The molecule has 0 radical (unpaired) electrons. The van der Waals surface area contributed by atoms with E-state index in [9.17, 15) is 18.0 Å². The van der Waals surface area contributed by atoms with Gasteiger partial charge in [-0.3, -0.25) is 9.13 Å². The van der Waals surface area contributed by atoms with Gasteiger partial charge < -0.3 is 4.57 Å². The minimum absolute atomic E-state index is 0.112. The van der Waals surface area contributed by atoms with Crippen molar-refractivity contribution in [2.24, 2.45) is 14.1 Å². The highest BCUT2D eigenvalue weighted by Gasteiger charge is 2.32. The SMILES string of the molecule is CCSc1cc2c(cc1-c1nc3cc(C(F)(F)F)cnc3n1C)n(CC)c(=O)n2C. The normalized spacial score (nSPS) is 12.4. The van der Waals surface area contributed by atoms with Crippen LogP contribution in [-0.4, -0.2) is 29.4 Å². The quantitative estimate of drug-likeness (QED) is 0.445. The number of thioether (sulfide) groups is 1. The van der Waals surface area contributed by atoms with Crippen LogP contribution in [-0.2, 0) is 26.8 Å². The molecule has 6 nitrogen and oxygen atoms in total. The van der Waals surface area contributed by atoms with Gasteiger partial charge in [-0.15, -0.1) is 11.8 Å². The lowest BCUT2D eigenvalue weighted by molar-refractivity contribution is -0.137. The van der Waals surface area contributed by atoms with E-state index in [1.165, 1.54) is 0 Å². The molecule has 3 aromatic heterocycles. The molecular formula is C20H20F3N5OS. The zero-order valence-electron chi connectivity index (χ0n) is 16.9. The van der Waals surface area contributed by atoms with Crippen molar-refractivity contribution >= 4 is 34.0 Å². The molecule has 4 rings (SSSR count). The smallest absolute Gasteiger partial charge is 0.312 e. The number of aromatic nitrogens is 5. The Balaban J connectivity index is 2.02. The van der Waals surface area contributed by atoms with Crippen LogP contribution >= 0.6 is 11.8 Å². The van der Waals surface area contributed by atoms with Crippen LogP contribution in [0.15, 0.2) is 34.1 Å². The summed E-state index contributed by atoms with van der Waals surface area (Å²) in [6, 6.07) is 4.85. The van der Waals surface area contributed by atoms with E-state index < -0.39 is 11.7 Å². The molecule has 0 spiro atoms. The monoisotopic (exact) mass is 435 g/mol. The van der Waals surface area contributed by atoms with Gasteiger partial charge in [-0.2, -0.15) is 13.2 Å². The molecule has 0 N–H and O–H groups in total. The molecule has 4 aromatic rings. The number of alkyl halides is 3. The first-order chi connectivity index (χ1) is 14.2. The number of halogens is 3. The predicted octanol–water partition coefficient (Wildman–Crippen LogP) is 4.44. The van der Waals surface area contributed by atoms with Gasteiger partial charge in [0.05, 0.1) is 16.6 Å². The lowest BCUT2D eigenvalue weighted by Gasteiger charge is -2.10. The second-order valence-electron chi connectivity index (χ2n) is 6.91. The molecule has 0 saturated heterocycles. The molecule has 0 aliphatic heterocycles. The van der Waals surface area contributed by atoms with Crippen LogP contribution < -0.4 is 5.69 Å². The Bertz CT molecular complexity index is 1330. The molecule has 3 heterocycles. The minimum atomic E-state index is -4.48. The second-order valence-corrected chi connectivity index (χ2v) is 8.22. The molecule has 0 atom stereocenters. The van der Waals surface area contributed by atoms with Gasteiger partial charge in [0.15, 0.2) is 5.65 Å². The van der Waals surface area contributed by atoms with E-state index in [-0.39, 0.29) is 11.2 Å². The van der Waals surface area contributed by atoms with Crippen molar-refractivity contribution in [1.29, 1.82) is 0 Å². The summed E-state index contributed by atoms with van der Waals surface area (Å²) < 4.78 is 44.3. The van der Waals surface area contributed by atoms with Gasteiger partial charge in [-0.05, 0) is 30.9 Å². The van der Waals surface area contributed by atoms with Gasteiger partial charge in [0, 0.05) is 37.3 Å². The Morgan fingerprint density at radius 1 is 1.07 bits per heavy atom. The molecule has 0 amide bonds. The van der Waals surface area contributed by atoms with Gasteiger partial charge in [0.1, 0.15) is 11.3 Å². The molecule has 0 bridgehead atoms. The number of fused-ring (bicyclic) bond motifs is 2. The van der Waals surface area contributed by atoms with Crippen LogP contribution in [0.3, 0.4) is 0 Å². The van der Waals surface area contributed by atoms with E-state index in [1.54, 1.807) is 39.6 Å². The maximum atomic E-state index is 13.1. The number of pyridine rings is 1. The van der Waals surface area contributed by atoms with Crippen LogP contribution in [0.2, 0.25) is 0 Å². The summed E-state index contributed by atoms with van der Waals surface area (Å²) in [7, 11) is 3.46. The van der Waals surface area contributed by atoms with E-state index >= 15 is 0 Å². The van der Waals surface area contributed by atoms with E-state index in [0.29, 0.717) is 18.0 Å². The van der Waals surface area contributed by atoms with Crippen molar-refractivity contribution in [2.45, 2.75) is 31.5 Å². The van der Waals surface area contributed by atoms with Crippen LogP contribution in [0, 0.1) is 0 Å². The summed E-state index contributed by atoms with van der Waals surface area (Å²) >= 11 is 1.59. The van der Waals surface area contributed by atoms with Crippen molar-refractivity contribution in [3.63, 3.8) is 0 Å². The highest BCUT2D eigenvalue weighted by Crippen LogP contribution is 2.36. The molecular weight excluding hydrogens is 415 g/mol. The molecule has 0 aliphatic rings.